The van der Waals surface area contributed by atoms with Gasteiger partial charge >= 0.3 is 0 Å². The van der Waals surface area contributed by atoms with Crippen LogP contribution in [0.5, 0.6) is 0 Å². The molecule has 0 aliphatic rings. The Bertz CT molecular complexity index is 1440. The van der Waals surface area contributed by atoms with Crippen molar-refractivity contribution >= 4 is 56.7 Å². The molecule has 0 bridgehead atoms. The zero-order valence-electron chi connectivity index (χ0n) is 25.7. The molecule has 1 aromatic heterocycles. The Labute approximate surface area is 270 Å². The topological polar surface area (TPSA) is 66.5 Å². The van der Waals surface area contributed by atoms with Crippen molar-refractivity contribution in [3.63, 3.8) is 0 Å². The van der Waals surface area contributed by atoms with Crippen LogP contribution in [0, 0.1) is 12.8 Å². The third-order valence-electron chi connectivity index (χ3n) is 6.84. The first-order valence-corrected chi connectivity index (χ1v) is 16.5. The monoisotopic (exact) mass is 638 g/mol. The molecular formula is C34H43ClN4O2S2. The van der Waals surface area contributed by atoms with E-state index in [-0.39, 0.29) is 12.5 Å². The molecule has 1 unspecified atom stereocenters. The van der Waals surface area contributed by atoms with Gasteiger partial charge in [-0.3, -0.25) is 4.79 Å². The molecule has 230 valence electrons. The van der Waals surface area contributed by atoms with Crippen LogP contribution in [0.1, 0.15) is 44.7 Å². The maximum absolute atomic E-state index is 12.4. The number of halogens is 1. The standard InChI is InChI=1S/C27H36N4O2S2.C7H7Cl/c1-19(2)14-15-31(35-23-12-13-25-26(16-23)34-18-29-25)20(3)10-11-22-8-6-7-9-24(22)30-27(32)17-28-21(4)33-5;1-6-4-2-3-5-7(6)8/h6-9,12-13,16,18-20,28H,4,10-11,14-15,17H2,1-3,5H3,(H,30,32);2-5H,1H3. The van der Waals surface area contributed by atoms with Crippen molar-refractivity contribution in [2.75, 3.05) is 25.5 Å². The molecule has 0 saturated heterocycles. The molecule has 1 heterocycles. The summed E-state index contributed by atoms with van der Waals surface area (Å²) in [5, 5.41) is 6.71. The number of carbonyl (C=O) groups is 1. The quantitative estimate of drug-likeness (QED) is 0.106. The van der Waals surface area contributed by atoms with Crippen LogP contribution in [0.3, 0.4) is 0 Å². The summed E-state index contributed by atoms with van der Waals surface area (Å²) in [7, 11) is 1.52. The molecule has 0 radical (unpaired) electrons. The Morgan fingerprint density at radius 2 is 1.84 bits per heavy atom. The molecule has 1 atom stereocenters. The largest absolute Gasteiger partial charge is 0.483 e. The number of aryl methyl sites for hydroxylation is 2. The van der Waals surface area contributed by atoms with E-state index >= 15 is 0 Å². The highest BCUT2D eigenvalue weighted by Crippen LogP contribution is 2.31. The number of ether oxygens (including phenoxy) is 1. The number of anilines is 1. The van der Waals surface area contributed by atoms with Gasteiger partial charge in [-0.2, -0.15) is 0 Å². The predicted octanol–water partition coefficient (Wildman–Crippen LogP) is 8.97. The van der Waals surface area contributed by atoms with E-state index in [1.165, 1.54) is 16.7 Å². The summed E-state index contributed by atoms with van der Waals surface area (Å²) >= 11 is 9.22. The van der Waals surface area contributed by atoms with Crippen molar-refractivity contribution in [3.05, 3.63) is 101 Å². The van der Waals surface area contributed by atoms with Crippen molar-refractivity contribution in [1.82, 2.24) is 14.6 Å². The molecular weight excluding hydrogens is 596 g/mol. The number of hydrogen-bond acceptors (Lipinski definition) is 7. The molecule has 0 aliphatic carbocycles. The molecule has 2 N–H and O–H groups in total. The summed E-state index contributed by atoms with van der Waals surface area (Å²) in [6.45, 7) is 13.6. The highest BCUT2D eigenvalue weighted by molar-refractivity contribution is 7.97. The molecule has 9 heteroatoms. The summed E-state index contributed by atoms with van der Waals surface area (Å²) in [5.41, 5.74) is 6.08. The highest BCUT2D eigenvalue weighted by Gasteiger charge is 2.18. The lowest BCUT2D eigenvalue weighted by molar-refractivity contribution is -0.115. The normalized spacial score (nSPS) is 11.6. The maximum Gasteiger partial charge on any atom is 0.243 e. The van der Waals surface area contributed by atoms with Crippen molar-refractivity contribution in [2.45, 2.75) is 57.9 Å². The first-order valence-electron chi connectivity index (χ1n) is 14.5. The molecule has 6 nitrogen and oxygen atoms in total. The second kappa shape index (κ2) is 17.9. The van der Waals surface area contributed by atoms with E-state index in [9.17, 15) is 4.79 Å². The summed E-state index contributed by atoms with van der Waals surface area (Å²) < 4.78 is 8.69. The molecule has 3 aromatic carbocycles. The van der Waals surface area contributed by atoms with Gasteiger partial charge in [-0.15, -0.1) is 11.3 Å². The number of aromatic nitrogens is 1. The van der Waals surface area contributed by atoms with Crippen molar-refractivity contribution < 1.29 is 9.53 Å². The fourth-order valence-electron chi connectivity index (χ4n) is 4.13. The minimum atomic E-state index is -0.128. The zero-order chi connectivity index (χ0) is 31.2. The van der Waals surface area contributed by atoms with Gasteiger partial charge in [0.1, 0.15) is 0 Å². The van der Waals surface area contributed by atoms with Crippen LogP contribution in [-0.2, 0) is 16.0 Å². The van der Waals surface area contributed by atoms with E-state index in [0.29, 0.717) is 17.8 Å². The number of thiazole rings is 1. The van der Waals surface area contributed by atoms with E-state index in [2.05, 4.69) is 71.5 Å². The number of carbonyl (C=O) groups excluding carboxylic acids is 1. The average Bonchev–Trinajstić information content (AvgIpc) is 3.47. The van der Waals surface area contributed by atoms with Gasteiger partial charge in [-0.05, 0) is 99.0 Å². The fourth-order valence-corrected chi connectivity index (χ4v) is 6.11. The highest BCUT2D eigenvalue weighted by atomic mass is 35.5. The zero-order valence-corrected chi connectivity index (χ0v) is 28.1. The number of nitrogens with one attached hydrogen (secondary N) is 2. The summed E-state index contributed by atoms with van der Waals surface area (Å²) in [5.74, 6) is 0.889. The number of rotatable bonds is 14. The molecule has 0 fully saturated rings. The van der Waals surface area contributed by atoms with E-state index in [0.717, 1.165) is 53.2 Å². The lowest BCUT2D eigenvalue weighted by Crippen LogP contribution is -2.29. The third-order valence-corrected chi connectivity index (χ3v) is 9.29. The van der Waals surface area contributed by atoms with Crippen molar-refractivity contribution in [2.24, 2.45) is 5.92 Å². The van der Waals surface area contributed by atoms with Gasteiger partial charge < -0.3 is 15.4 Å². The number of methoxy groups -OCH3 is 1. The molecule has 0 spiro atoms. The Balaban J connectivity index is 0.000000546. The van der Waals surface area contributed by atoms with Crippen LogP contribution < -0.4 is 10.6 Å². The second-order valence-corrected chi connectivity index (χ2v) is 13.1. The van der Waals surface area contributed by atoms with Crippen LogP contribution in [0.2, 0.25) is 5.02 Å². The molecule has 43 heavy (non-hydrogen) atoms. The Kier molecular flexibility index (Phi) is 14.4. The summed E-state index contributed by atoms with van der Waals surface area (Å²) in [6, 6.07) is 22.7. The SMILES string of the molecule is C=C(NCC(=O)Nc1ccccc1CCC(C)N(CCC(C)C)Sc1ccc2ncsc2c1)OC.Cc1ccccc1Cl. The first kappa shape index (κ1) is 34.5. The number of amides is 1. The fraction of sp³-hybridized carbons (Fsp3) is 0.353. The predicted molar refractivity (Wildman–Crippen MR) is 185 cm³/mol. The Hall–Kier alpha value is -3.04. The van der Waals surface area contributed by atoms with Crippen LogP contribution in [0.4, 0.5) is 5.69 Å². The van der Waals surface area contributed by atoms with Gasteiger partial charge in [-0.25, -0.2) is 9.29 Å². The van der Waals surface area contributed by atoms with Gasteiger partial charge in [0.15, 0.2) is 5.88 Å². The lowest BCUT2D eigenvalue weighted by Gasteiger charge is -2.29. The number of fused-ring (bicyclic) bond motifs is 1. The van der Waals surface area contributed by atoms with Crippen LogP contribution in [0.25, 0.3) is 10.2 Å². The lowest BCUT2D eigenvalue weighted by atomic mass is 10.0. The number of para-hydroxylation sites is 1. The number of nitrogens with zero attached hydrogens (tertiary/aromatic N) is 2. The third kappa shape index (κ3) is 11.9. The van der Waals surface area contributed by atoms with Gasteiger partial charge in [0.2, 0.25) is 5.91 Å². The average molecular weight is 639 g/mol. The van der Waals surface area contributed by atoms with Gasteiger partial charge in [0, 0.05) is 28.2 Å². The van der Waals surface area contributed by atoms with E-state index in [1.54, 1.807) is 11.3 Å². The minimum Gasteiger partial charge on any atom is -0.483 e. The Morgan fingerprint density at radius 3 is 2.53 bits per heavy atom. The van der Waals surface area contributed by atoms with Gasteiger partial charge in [0.25, 0.3) is 0 Å². The Morgan fingerprint density at radius 1 is 1.09 bits per heavy atom. The maximum atomic E-state index is 12.4. The van der Waals surface area contributed by atoms with Gasteiger partial charge in [-0.1, -0.05) is 61.8 Å². The van der Waals surface area contributed by atoms with E-state index in [4.69, 9.17) is 16.3 Å². The second-order valence-electron chi connectivity index (χ2n) is 10.7. The summed E-state index contributed by atoms with van der Waals surface area (Å²) in [4.78, 5) is 18.0. The molecule has 0 aliphatic heterocycles. The van der Waals surface area contributed by atoms with Crippen LogP contribution in [-0.4, -0.2) is 41.4 Å². The molecule has 4 aromatic rings. The van der Waals surface area contributed by atoms with E-state index in [1.807, 2.05) is 66.8 Å². The van der Waals surface area contributed by atoms with Crippen LogP contribution >= 0.6 is 34.9 Å². The van der Waals surface area contributed by atoms with Gasteiger partial charge in [0.05, 0.1) is 29.4 Å². The minimum absolute atomic E-state index is 0.112. The van der Waals surface area contributed by atoms with E-state index < -0.39 is 0 Å². The smallest absolute Gasteiger partial charge is 0.243 e. The molecule has 4 rings (SSSR count). The van der Waals surface area contributed by atoms with Crippen molar-refractivity contribution in [3.8, 4) is 0 Å². The first-order chi connectivity index (χ1) is 20.7. The summed E-state index contributed by atoms with van der Waals surface area (Å²) in [6.07, 6.45) is 3.01. The number of hydrogen-bond donors (Lipinski definition) is 2. The van der Waals surface area contributed by atoms with Crippen molar-refractivity contribution in [1.29, 1.82) is 0 Å². The number of benzene rings is 3. The molecule has 1 amide bonds. The molecule has 0 saturated carbocycles. The van der Waals surface area contributed by atoms with Crippen LogP contribution in [0.15, 0.2) is 89.6 Å².